The van der Waals surface area contributed by atoms with Gasteiger partial charge < -0.3 is 5.32 Å². The quantitative estimate of drug-likeness (QED) is 0.654. The maximum absolute atomic E-state index is 12.7. The molecule has 0 saturated heterocycles. The van der Waals surface area contributed by atoms with Gasteiger partial charge in [-0.05, 0) is 30.3 Å². The largest absolute Gasteiger partial charge is 0.323 e. The third-order valence-corrected chi connectivity index (χ3v) is 7.11. The van der Waals surface area contributed by atoms with Crippen LogP contribution in [0.3, 0.4) is 0 Å². The van der Waals surface area contributed by atoms with Crippen LogP contribution in [0.5, 0.6) is 0 Å². The van der Waals surface area contributed by atoms with Crippen molar-refractivity contribution in [3.8, 4) is 0 Å². The van der Waals surface area contributed by atoms with E-state index in [4.69, 9.17) is 11.6 Å². The summed E-state index contributed by atoms with van der Waals surface area (Å²) in [5, 5.41) is 2.62. The Balaban J connectivity index is 1.80. The third-order valence-electron chi connectivity index (χ3n) is 4.74. The highest BCUT2D eigenvalue weighted by molar-refractivity contribution is 7.89. The lowest BCUT2D eigenvalue weighted by Crippen LogP contribution is -2.37. The second kappa shape index (κ2) is 8.55. The van der Waals surface area contributed by atoms with Crippen LogP contribution in [0.15, 0.2) is 47.4 Å². The van der Waals surface area contributed by atoms with E-state index in [2.05, 4.69) is 5.32 Å². The fourth-order valence-corrected chi connectivity index (χ4v) is 4.84. The molecule has 3 amide bonds. The molecule has 158 valence electrons. The van der Waals surface area contributed by atoms with E-state index in [1.54, 1.807) is 26.0 Å². The van der Waals surface area contributed by atoms with E-state index in [1.165, 1.54) is 34.6 Å². The molecule has 0 aromatic heterocycles. The minimum atomic E-state index is -3.75. The number of fused-ring (bicyclic) bond motifs is 1. The maximum atomic E-state index is 12.7. The monoisotopic (exact) mass is 449 g/mol. The second-order valence-corrected chi connectivity index (χ2v) is 8.87. The zero-order valence-corrected chi connectivity index (χ0v) is 18.0. The van der Waals surface area contributed by atoms with Crippen LogP contribution in [0.1, 0.15) is 34.6 Å². The number of nitrogens with one attached hydrogen (secondary N) is 1. The molecule has 0 saturated carbocycles. The van der Waals surface area contributed by atoms with E-state index in [9.17, 15) is 22.8 Å². The number of hydrogen-bond acceptors (Lipinski definition) is 5. The Kier molecular flexibility index (Phi) is 6.25. The van der Waals surface area contributed by atoms with Gasteiger partial charge >= 0.3 is 0 Å². The third kappa shape index (κ3) is 3.96. The number of imide groups is 1. The first kappa shape index (κ1) is 21.9. The number of hydrogen-bond donors (Lipinski definition) is 1. The molecule has 1 aliphatic heterocycles. The highest BCUT2D eigenvalue weighted by atomic mass is 35.5. The topological polar surface area (TPSA) is 104 Å². The number of sulfonamides is 1. The van der Waals surface area contributed by atoms with Crippen LogP contribution in [0.25, 0.3) is 0 Å². The summed E-state index contributed by atoms with van der Waals surface area (Å²) in [5.74, 6) is -1.80. The van der Waals surface area contributed by atoms with Crippen molar-refractivity contribution in [3.63, 3.8) is 0 Å². The summed E-state index contributed by atoms with van der Waals surface area (Å²) >= 11 is 6.11. The molecule has 0 bridgehead atoms. The van der Waals surface area contributed by atoms with Crippen LogP contribution in [0.2, 0.25) is 5.02 Å². The number of carbonyl (C=O) groups excluding carboxylic acids is 3. The van der Waals surface area contributed by atoms with Crippen LogP contribution in [-0.4, -0.2) is 55.0 Å². The Morgan fingerprint density at radius 3 is 2.13 bits per heavy atom. The Morgan fingerprint density at radius 1 is 1.03 bits per heavy atom. The number of carbonyl (C=O) groups is 3. The molecule has 2 aromatic carbocycles. The average molecular weight is 450 g/mol. The highest BCUT2D eigenvalue weighted by Crippen LogP contribution is 2.27. The van der Waals surface area contributed by atoms with Crippen LogP contribution in [0.4, 0.5) is 5.69 Å². The van der Waals surface area contributed by atoms with Gasteiger partial charge in [-0.3, -0.25) is 19.3 Å². The van der Waals surface area contributed by atoms with E-state index in [1.807, 2.05) is 0 Å². The van der Waals surface area contributed by atoms with Crippen molar-refractivity contribution in [1.82, 2.24) is 9.21 Å². The normalized spacial score (nSPS) is 13.7. The van der Waals surface area contributed by atoms with Crippen molar-refractivity contribution in [2.75, 3.05) is 25.0 Å². The molecule has 0 aliphatic carbocycles. The van der Waals surface area contributed by atoms with Gasteiger partial charge in [0.25, 0.3) is 11.8 Å². The number of benzene rings is 2. The first-order chi connectivity index (χ1) is 14.2. The van der Waals surface area contributed by atoms with Crippen molar-refractivity contribution in [3.05, 3.63) is 58.6 Å². The zero-order valence-electron chi connectivity index (χ0n) is 16.4. The lowest BCUT2D eigenvalue weighted by atomic mass is 10.1. The average Bonchev–Trinajstić information content (AvgIpc) is 2.95. The zero-order chi connectivity index (χ0) is 22.1. The van der Waals surface area contributed by atoms with Gasteiger partial charge in [0, 0.05) is 13.1 Å². The number of anilines is 1. The van der Waals surface area contributed by atoms with Crippen molar-refractivity contribution in [2.45, 2.75) is 18.7 Å². The molecular weight excluding hydrogens is 430 g/mol. The number of halogens is 1. The lowest BCUT2D eigenvalue weighted by Gasteiger charge is -2.19. The SMILES string of the molecule is CCN(CC)S(=O)(=O)c1ccc(Cl)c(NC(=O)CN2C(=O)c3ccccc3C2=O)c1. The van der Waals surface area contributed by atoms with Gasteiger partial charge in [0.2, 0.25) is 15.9 Å². The molecule has 8 nitrogen and oxygen atoms in total. The molecule has 1 N–H and O–H groups in total. The number of amides is 3. The summed E-state index contributed by atoms with van der Waals surface area (Å²) in [6, 6.07) is 10.3. The van der Waals surface area contributed by atoms with Crippen molar-refractivity contribution >= 4 is 45.0 Å². The fraction of sp³-hybridized carbons (Fsp3) is 0.250. The smallest absolute Gasteiger partial charge is 0.262 e. The lowest BCUT2D eigenvalue weighted by molar-refractivity contribution is -0.116. The molecule has 0 unspecified atom stereocenters. The number of nitrogens with zero attached hydrogens (tertiary/aromatic N) is 2. The summed E-state index contributed by atoms with van der Waals surface area (Å²) in [6.07, 6.45) is 0. The highest BCUT2D eigenvalue weighted by Gasteiger charge is 2.36. The minimum Gasteiger partial charge on any atom is -0.323 e. The molecule has 0 atom stereocenters. The van der Waals surface area contributed by atoms with Crippen molar-refractivity contribution in [1.29, 1.82) is 0 Å². The van der Waals surface area contributed by atoms with E-state index in [0.717, 1.165) is 4.90 Å². The Labute approximate surface area is 179 Å². The molecule has 1 heterocycles. The number of rotatable bonds is 7. The van der Waals surface area contributed by atoms with E-state index >= 15 is 0 Å². The first-order valence-corrected chi connectivity index (χ1v) is 11.1. The van der Waals surface area contributed by atoms with E-state index in [0.29, 0.717) is 13.1 Å². The first-order valence-electron chi connectivity index (χ1n) is 9.25. The summed E-state index contributed by atoms with van der Waals surface area (Å²) < 4.78 is 26.7. The van der Waals surface area contributed by atoms with Gasteiger partial charge in [0.05, 0.1) is 26.7 Å². The van der Waals surface area contributed by atoms with Crippen molar-refractivity contribution in [2.24, 2.45) is 0 Å². The molecule has 0 fully saturated rings. The summed E-state index contributed by atoms with van der Waals surface area (Å²) in [6.45, 7) is 3.52. The Bertz CT molecular complexity index is 1090. The van der Waals surface area contributed by atoms with Crippen LogP contribution < -0.4 is 5.32 Å². The molecule has 0 spiro atoms. The Morgan fingerprint density at radius 2 is 1.60 bits per heavy atom. The molecule has 2 aromatic rings. The molecule has 30 heavy (non-hydrogen) atoms. The van der Waals surface area contributed by atoms with Gasteiger partial charge in [-0.2, -0.15) is 4.31 Å². The summed E-state index contributed by atoms with van der Waals surface area (Å²) in [5.41, 5.74) is 0.549. The van der Waals surface area contributed by atoms with E-state index < -0.39 is 34.3 Å². The standard InChI is InChI=1S/C20H20ClN3O5S/c1-3-23(4-2)30(28,29)13-9-10-16(21)17(11-13)22-18(25)12-24-19(26)14-7-5-6-8-15(14)20(24)27/h5-11H,3-4,12H2,1-2H3,(H,22,25). The van der Waals surface area contributed by atoms with Crippen LogP contribution in [-0.2, 0) is 14.8 Å². The van der Waals surface area contributed by atoms with Crippen molar-refractivity contribution < 1.29 is 22.8 Å². The van der Waals surface area contributed by atoms with Gasteiger partial charge in [-0.15, -0.1) is 0 Å². The summed E-state index contributed by atoms with van der Waals surface area (Å²) in [4.78, 5) is 38.1. The van der Waals surface area contributed by atoms with Crippen LogP contribution >= 0.6 is 11.6 Å². The van der Waals surface area contributed by atoms with Crippen LogP contribution in [0, 0.1) is 0 Å². The van der Waals surface area contributed by atoms with Gasteiger partial charge in [-0.1, -0.05) is 37.6 Å². The minimum absolute atomic E-state index is 0.0216. The molecular formula is C20H20ClN3O5S. The predicted molar refractivity (Wildman–Crippen MR) is 112 cm³/mol. The van der Waals surface area contributed by atoms with Gasteiger partial charge in [-0.25, -0.2) is 8.42 Å². The molecule has 1 aliphatic rings. The Hall–Kier alpha value is -2.75. The van der Waals surface area contributed by atoms with E-state index in [-0.39, 0.29) is 26.7 Å². The van der Waals surface area contributed by atoms with Gasteiger partial charge in [0.15, 0.2) is 0 Å². The molecule has 3 rings (SSSR count). The molecule has 0 radical (unpaired) electrons. The summed E-state index contributed by atoms with van der Waals surface area (Å²) in [7, 11) is -3.75. The molecule has 10 heteroatoms. The maximum Gasteiger partial charge on any atom is 0.262 e. The fourth-order valence-electron chi connectivity index (χ4n) is 3.19. The van der Waals surface area contributed by atoms with Gasteiger partial charge in [0.1, 0.15) is 6.54 Å². The predicted octanol–water partition coefficient (Wildman–Crippen LogP) is 2.61. The second-order valence-electron chi connectivity index (χ2n) is 6.52.